The van der Waals surface area contributed by atoms with E-state index in [0.717, 1.165) is 20.9 Å². The molecule has 3 heteroatoms. The molecule has 0 saturated carbocycles. The van der Waals surface area contributed by atoms with Gasteiger partial charge < -0.3 is 5.73 Å². The number of nitrogens with two attached hydrogens (primary N) is 1. The Hall–Kier alpha value is -1.09. The summed E-state index contributed by atoms with van der Waals surface area (Å²) >= 11 is 3.45. The van der Waals surface area contributed by atoms with Crippen molar-refractivity contribution in [2.24, 2.45) is 0 Å². The summed E-state index contributed by atoms with van der Waals surface area (Å²) in [7, 11) is 0. The number of nitrogen functional groups attached to an aromatic ring is 1. The van der Waals surface area contributed by atoms with Gasteiger partial charge >= 0.3 is 0 Å². The van der Waals surface area contributed by atoms with Crippen LogP contribution in [0.5, 0.6) is 0 Å². The summed E-state index contributed by atoms with van der Waals surface area (Å²) in [5, 5.41) is 2.12. The first-order chi connectivity index (χ1) is 6.18. The monoisotopic (exact) mass is 236 g/mol. The molecular weight excluding hydrogens is 228 g/mol. The Morgan fingerprint density at radius 2 is 2.15 bits per heavy atom. The van der Waals surface area contributed by atoms with Gasteiger partial charge in [-0.3, -0.25) is 0 Å². The zero-order chi connectivity index (χ0) is 9.42. The molecule has 0 saturated heterocycles. The summed E-state index contributed by atoms with van der Waals surface area (Å²) in [5.41, 5.74) is 6.76. The lowest BCUT2D eigenvalue weighted by atomic mass is 10.1. The first-order valence-corrected chi connectivity index (χ1v) is 4.79. The number of hydrogen-bond acceptors (Lipinski definition) is 2. The molecule has 0 amide bonds. The van der Waals surface area contributed by atoms with Crippen LogP contribution in [0.4, 0.5) is 5.82 Å². The van der Waals surface area contributed by atoms with E-state index < -0.39 is 0 Å². The quantitative estimate of drug-likeness (QED) is 0.765. The van der Waals surface area contributed by atoms with E-state index in [-0.39, 0.29) is 0 Å². The molecule has 1 aromatic carbocycles. The molecule has 0 spiro atoms. The minimum absolute atomic E-state index is 0.586. The Bertz CT molecular complexity index is 466. The van der Waals surface area contributed by atoms with Gasteiger partial charge in [-0.25, -0.2) is 4.98 Å². The standard InChI is InChI=1S/C10H9BrN2/c1-6-5-7-3-2-4-8(11)9(7)10(12)13-6/h2-5H,1H3,(H2,12,13). The summed E-state index contributed by atoms with van der Waals surface area (Å²) in [4.78, 5) is 4.21. The molecule has 0 aliphatic rings. The van der Waals surface area contributed by atoms with Gasteiger partial charge in [-0.2, -0.15) is 0 Å². The molecular formula is C10H9BrN2. The van der Waals surface area contributed by atoms with Crippen molar-refractivity contribution in [2.45, 2.75) is 6.92 Å². The molecule has 1 aromatic heterocycles. The zero-order valence-corrected chi connectivity index (χ0v) is 8.80. The van der Waals surface area contributed by atoms with E-state index in [1.54, 1.807) is 0 Å². The highest BCUT2D eigenvalue weighted by Crippen LogP contribution is 2.27. The molecule has 66 valence electrons. The van der Waals surface area contributed by atoms with Gasteiger partial charge in [-0.1, -0.05) is 28.1 Å². The second kappa shape index (κ2) is 3.00. The second-order valence-electron chi connectivity index (χ2n) is 2.99. The van der Waals surface area contributed by atoms with Gasteiger partial charge in [-0.05, 0) is 24.4 Å². The van der Waals surface area contributed by atoms with Crippen molar-refractivity contribution in [2.75, 3.05) is 5.73 Å². The van der Waals surface area contributed by atoms with Crippen molar-refractivity contribution >= 4 is 32.5 Å². The van der Waals surface area contributed by atoms with Crippen molar-refractivity contribution in [3.05, 3.63) is 34.4 Å². The first kappa shape index (κ1) is 8.51. The van der Waals surface area contributed by atoms with Crippen LogP contribution in [0, 0.1) is 6.92 Å². The van der Waals surface area contributed by atoms with Crippen LogP contribution in [0.2, 0.25) is 0 Å². The molecule has 13 heavy (non-hydrogen) atoms. The third-order valence-electron chi connectivity index (χ3n) is 1.96. The van der Waals surface area contributed by atoms with Crippen molar-refractivity contribution in [1.29, 1.82) is 0 Å². The Balaban J connectivity index is 2.94. The lowest BCUT2D eigenvalue weighted by Crippen LogP contribution is -1.94. The molecule has 0 aliphatic carbocycles. The van der Waals surface area contributed by atoms with Crippen LogP contribution in [0.1, 0.15) is 5.69 Å². The molecule has 0 fully saturated rings. The highest BCUT2D eigenvalue weighted by molar-refractivity contribution is 9.10. The van der Waals surface area contributed by atoms with E-state index in [1.165, 1.54) is 0 Å². The van der Waals surface area contributed by atoms with Gasteiger partial charge in [0.15, 0.2) is 0 Å². The smallest absolute Gasteiger partial charge is 0.132 e. The van der Waals surface area contributed by atoms with E-state index in [0.29, 0.717) is 5.82 Å². The molecule has 0 unspecified atom stereocenters. The third-order valence-corrected chi connectivity index (χ3v) is 2.62. The Labute approximate surface area is 84.9 Å². The van der Waals surface area contributed by atoms with Crippen LogP contribution in [-0.4, -0.2) is 4.98 Å². The predicted octanol–water partition coefficient (Wildman–Crippen LogP) is 2.89. The minimum atomic E-state index is 0.586. The molecule has 2 rings (SSSR count). The van der Waals surface area contributed by atoms with Gasteiger partial charge in [0.2, 0.25) is 0 Å². The van der Waals surface area contributed by atoms with Crippen molar-refractivity contribution in [3.8, 4) is 0 Å². The number of rotatable bonds is 0. The maximum atomic E-state index is 5.82. The molecule has 0 bridgehead atoms. The normalized spacial score (nSPS) is 10.6. The fraction of sp³-hybridized carbons (Fsp3) is 0.100. The van der Waals surface area contributed by atoms with E-state index in [1.807, 2.05) is 31.2 Å². The number of aryl methyl sites for hydroxylation is 1. The summed E-state index contributed by atoms with van der Waals surface area (Å²) in [6, 6.07) is 8.02. The molecule has 0 aliphatic heterocycles. The van der Waals surface area contributed by atoms with Crippen LogP contribution in [0.15, 0.2) is 28.7 Å². The minimum Gasteiger partial charge on any atom is -0.383 e. The topological polar surface area (TPSA) is 38.9 Å². The average molecular weight is 237 g/mol. The van der Waals surface area contributed by atoms with Crippen LogP contribution in [0.3, 0.4) is 0 Å². The summed E-state index contributed by atoms with van der Waals surface area (Å²) in [6.45, 7) is 1.94. The number of nitrogens with zero attached hydrogens (tertiary/aromatic N) is 1. The highest BCUT2D eigenvalue weighted by Gasteiger charge is 2.03. The zero-order valence-electron chi connectivity index (χ0n) is 7.21. The van der Waals surface area contributed by atoms with Gasteiger partial charge in [0.1, 0.15) is 5.82 Å². The number of hydrogen-bond donors (Lipinski definition) is 1. The second-order valence-corrected chi connectivity index (χ2v) is 3.84. The fourth-order valence-corrected chi connectivity index (χ4v) is 2.02. The average Bonchev–Trinajstić information content (AvgIpc) is 2.02. The number of fused-ring (bicyclic) bond motifs is 1. The SMILES string of the molecule is Cc1cc2cccc(Br)c2c(N)n1. The number of pyridine rings is 1. The van der Waals surface area contributed by atoms with Crippen LogP contribution in [-0.2, 0) is 0 Å². The molecule has 2 nitrogen and oxygen atoms in total. The Morgan fingerprint density at radius 3 is 2.92 bits per heavy atom. The summed E-state index contributed by atoms with van der Waals surface area (Å²) in [5.74, 6) is 0.586. The number of halogens is 1. The van der Waals surface area contributed by atoms with Crippen LogP contribution in [0.25, 0.3) is 10.8 Å². The lowest BCUT2D eigenvalue weighted by molar-refractivity contribution is 1.23. The van der Waals surface area contributed by atoms with E-state index >= 15 is 0 Å². The number of benzene rings is 1. The molecule has 0 radical (unpaired) electrons. The fourth-order valence-electron chi connectivity index (χ4n) is 1.43. The molecule has 1 heterocycles. The highest BCUT2D eigenvalue weighted by atomic mass is 79.9. The van der Waals surface area contributed by atoms with Gasteiger partial charge in [0.25, 0.3) is 0 Å². The van der Waals surface area contributed by atoms with Crippen molar-refractivity contribution in [1.82, 2.24) is 4.98 Å². The molecule has 2 aromatic rings. The Morgan fingerprint density at radius 1 is 1.38 bits per heavy atom. The summed E-state index contributed by atoms with van der Waals surface area (Å²) < 4.78 is 0.995. The number of aromatic nitrogens is 1. The largest absolute Gasteiger partial charge is 0.383 e. The summed E-state index contributed by atoms with van der Waals surface area (Å²) in [6.07, 6.45) is 0. The van der Waals surface area contributed by atoms with Crippen LogP contribution < -0.4 is 5.73 Å². The molecule has 0 atom stereocenters. The maximum absolute atomic E-state index is 5.82. The maximum Gasteiger partial charge on any atom is 0.132 e. The van der Waals surface area contributed by atoms with Gasteiger partial charge in [-0.15, -0.1) is 0 Å². The van der Waals surface area contributed by atoms with Crippen molar-refractivity contribution < 1.29 is 0 Å². The third kappa shape index (κ3) is 1.40. The van der Waals surface area contributed by atoms with Gasteiger partial charge in [0, 0.05) is 15.6 Å². The van der Waals surface area contributed by atoms with Crippen molar-refractivity contribution in [3.63, 3.8) is 0 Å². The van der Waals surface area contributed by atoms with Gasteiger partial charge in [0.05, 0.1) is 0 Å². The predicted molar refractivity (Wildman–Crippen MR) is 58.6 cm³/mol. The van der Waals surface area contributed by atoms with E-state index in [4.69, 9.17) is 5.73 Å². The lowest BCUT2D eigenvalue weighted by Gasteiger charge is -2.04. The Kier molecular flexibility index (Phi) is 1.96. The number of anilines is 1. The first-order valence-electron chi connectivity index (χ1n) is 4.00. The molecule has 2 N–H and O–H groups in total. The van der Waals surface area contributed by atoms with E-state index in [9.17, 15) is 0 Å². The van der Waals surface area contributed by atoms with E-state index in [2.05, 4.69) is 20.9 Å². The van der Waals surface area contributed by atoms with Crippen LogP contribution >= 0.6 is 15.9 Å².